The van der Waals surface area contributed by atoms with Crippen LogP contribution < -0.4 is 5.32 Å². The van der Waals surface area contributed by atoms with Crippen LogP contribution in [0.1, 0.15) is 76.0 Å². The molecule has 1 fully saturated rings. The number of nitrogens with one attached hydrogen (secondary N) is 1. The van der Waals surface area contributed by atoms with E-state index >= 15 is 0 Å². The van der Waals surface area contributed by atoms with Crippen LogP contribution in [0.4, 0.5) is 0 Å². The molecule has 19 heavy (non-hydrogen) atoms. The molecule has 0 spiro atoms. The Bertz CT molecular complexity index is 384. The average Bonchev–Trinajstić information content (AvgIpc) is 2.68. The van der Waals surface area contributed by atoms with Crippen molar-refractivity contribution in [2.75, 3.05) is 7.05 Å². The summed E-state index contributed by atoms with van der Waals surface area (Å²) in [7, 11) is 2.09. The van der Waals surface area contributed by atoms with E-state index in [4.69, 9.17) is 4.98 Å². The number of thiazole rings is 1. The van der Waals surface area contributed by atoms with Crippen molar-refractivity contribution in [1.82, 2.24) is 10.3 Å². The van der Waals surface area contributed by atoms with E-state index in [2.05, 4.69) is 38.5 Å². The van der Waals surface area contributed by atoms with Gasteiger partial charge in [-0.3, -0.25) is 0 Å². The molecule has 1 aromatic heterocycles. The van der Waals surface area contributed by atoms with Gasteiger partial charge in [-0.15, -0.1) is 11.3 Å². The van der Waals surface area contributed by atoms with Gasteiger partial charge in [-0.25, -0.2) is 4.98 Å². The molecule has 108 valence electrons. The highest BCUT2D eigenvalue weighted by Gasteiger charge is 2.27. The van der Waals surface area contributed by atoms with Gasteiger partial charge < -0.3 is 5.32 Å². The van der Waals surface area contributed by atoms with Gasteiger partial charge in [0.25, 0.3) is 0 Å². The maximum Gasteiger partial charge on any atom is 0.110 e. The molecular weight excluding hydrogens is 252 g/mol. The Hall–Kier alpha value is -0.410. The van der Waals surface area contributed by atoms with Crippen molar-refractivity contribution in [3.8, 4) is 0 Å². The molecule has 0 saturated heterocycles. The minimum Gasteiger partial charge on any atom is -0.311 e. The van der Waals surface area contributed by atoms with E-state index in [9.17, 15) is 0 Å². The predicted molar refractivity (Wildman–Crippen MR) is 83.8 cm³/mol. The summed E-state index contributed by atoms with van der Waals surface area (Å²) in [5.74, 6) is 0.770. The van der Waals surface area contributed by atoms with Crippen LogP contribution in [0.2, 0.25) is 0 Å². The molecule has 1 heterocycles. The fourth-order valence-electron chi connectivity index (χ4n) is 2.98. The molecular formula is C16H28N2S. The first-order chi connectivity index (χ1) is 9.02. The topological polar surface area (TPSA) is 24.9 Å². The molecule has 1 atom stereocenters. The monoisotopic (exact) mass is 280 g/mol. The molecule has 0 aromatic carbocycles. The summed E-state index contributed by atoms with van der Waals surface area (Å²) in [6.07, 6.45) is 8.32. The highest BCUT2D eigenvalue weighted by molar-refractivity contribution is 7.09. The number of nitrogens with zero attached hydrogens (tertiary/aromatic N) is 1. The van der Waals surface area contributed by atoms with Crippen molar-refractivity contribution >= 4 is 11.3 Å². The van der Waals surface area contributed by atoms with E-state index in [1.807, 2.05) is 11.3 Å². The van der Waals surface area contributed by atoms with Gasteiger partial charge >= 0.3 is 0 Å². The van der Waals surface area contributed by atoms with Crippen LogP contribution in [0.5, 0.6) is 0 Å². The number of rotatable bonds is 3. The molecule has 1 saturated carbocycles. The minimum absolute atomic E-state index is 0.163. The van der Waals surface area contributed by atoms with Gasteiger partial charge in [0, 0.05) is 10.8 Å². The minimum atomic E-state index is 0.163. The lowest BCUT2D eigenvalue weighted by molar-refractivity contribution is 0.340. The lowest BCUT2D eigenvalue weighted by Crippen LogP contribution is -2.25. The maximum absolute atomic E-state index is 4.91. The van der Waals surface area contributed by atoms with Crippen LogP contribution in [-0.2, 0) is 5.41 Å². The molecule has 0 bridgehead atoms. The first-order valence-electron chi connectivity index (χ1n) is 7.65. The van der Waals surface area contributed by atoms with Gasteiger partial charge in [-0.2, -0.15) is 0 Å². The summed E-state index contributed by atoms with van der Waals surface area (Å²) in [4.78, 5) is 4.91. The van der Waals surface area contributed by atoms with Gasteiger partial charge in [0.05, 0.1) is 11.7 Å². The SMILES string of the molecule is CNC(c1nc(C(C)(C)C)cs1)C1CCCCCC1. The molecule has 3 heteroatoms. The second kappa shape index (κ2) is 6.36. The van der Waals surface area contributed by atoms with Crippen LogP contribution >= 0.6 is 11.3 Å². The van der Waals surface area contributed by atoms with E-state index in [1.165, 1.54) is 49.2 Å². The van der Waals surface area contributed by atoms with Crippen molar-refractivity contribution in [3.05, 3.63) is 16.1 Å². The molecule has 0 amide bonds. The second-order valence-electron chi connectivity index (χ2n) is 6.84. The van der Waals surface area contributed by atoms with Gasteiger partial charge in [0.15, 0.2) is 0 Å². The molecule has 1 unspecified atom stereocenters. The lowest BCUT2D eigenvalue weighted by Gasteiger charge is -2.24. The van der Waals surface area contributed by atoms with Gasteiger partial charge in [0.1, 0.15) is 5.01 Å². The molecule has 2 nitrogen and oxygen atoms in total. The summed E-state index contributed by atoms with van der Waals surface area (Å²) in [6.45, 7) is 6.73. The van der Waals surface area contributed by atoms with Crippen LogP contribution in [0.3, 0.4) is 0 Å². The lowest BCUT2D eigenvalue weighted by atomic mass is 9.91. The molecule has 1 N–H and O–H groups in total. The highest BCUT2D eigenvalue weighted by atomic mass is 32.1. The highest BCUT2D eigenvalue weighted by Crippen LogP contribution is 2.36. The second-order valence-corrected chi connectivity index (χ2v) is 7.73. The Labute approximate surface area is 122 Å². The fourth-order valence-corrected chi connectivity index (χ4v) is 4.23. The Balaban J connectivity index is 2.14. The third kappa shape index (κ3) is 3.79. The van der Waals surface area contributed by atoms with Gasteiger partial charge in [0.2, 0.25) is 0 Å². The smallest absolute Gasteiger partial charge is 0.110 e. The zero-order valence-electron chi connectivity index (χ0n) is 12.8. The van der Waals surface area contributed by atoms with E-state index in [-0.39, 0.29) is 5.41 Å². The first kappa shape index (κ1) is 15.0. The molecule has 1 aromatic rings. The Morgan fingerprint density at radius 2 is 1.84 bits per heavy atom. The molecule has 2 rings (SSSR count). The quantitative estimate of drug-likeness (QED) is 0.814. The van der Waals surface area contributed by atoms with Crippen molar-refractivity contribution in [1.29, 1.82) is 0 Å². The third-order valence-electron chi connectivity index (χ3n) is 4.24. The summed E-state index contributed by atoms with van der Waals surface area (Å²) in [5, 5.41) is 7.07. The standard InChI is InChI=1S/C16H28N2S/c1-16(2,3)13-11-19-15(18-13)14(17-4)12-9-7-5-6-8-10-12/h11-12,14,17H,5-10H2,1-4H3. The van der Waals surface area contributed by atoms with Crippen molar-refractivity contribution in [2.45, 2.75) is 70.8 Å². The van der Waals surface area contributed by atoms with Crippen LogP contribution in [-0.4, -0.2) is 12.0 Å². The molecule has 1 aliphatic carbocycles. The van der Waals surface area contributed by atoms with Crippen molar-refractivity contribution in [2.24, 2.45) is 5.92 Å². The van der Waals surface area contributed by atoms with E-state index < -0.39 is 0 Å². The summed E-state index contributed by atoms with van der Waals surface area (Å²) >= 11 is 1.84. The summed E-state index contributed by atoms with van der Waals surface area (Å²) < 4.78 is 0. The maximum atomic E-state index is 4.91. The van der Waals surface area contributed by atoms with Crippen molar-refractivity contribution < 1.29 is 0 Å². The van der Waals surface area contributed by atoms with Gasteiger partial charge in [-0.05, 0) is 25.8 Å². The Kier molecular flexibility index (Phi) is 5.02. The third-order valence-corrected chi connectivity index (χ3v) is 5.17. The molecule has 0 aliphatic heterocycles. The van der Waals surface area contributed by atoms with Gasteiger partial charge in [-0.1, -0.05) is 46.5 Å². The van der Waals surface area contributed by atoms with E-state index in [1.54, 1.807) is 0 Å². The van der Waals surface area contributed by atoms with Crippen LogP contribution in [0, 0.1) is 5.92 Å². The zero-order valence-corrected chi connectivity index (χ0v) is 13.6. The van der Waals surface area contributed by atoms with Crippen LogP contribution in [0.15, 0.2) is 5.38 Å². The first-order valence-corrected chi connectivity index (χ1v) is 8.53. The predicted octanol–water partition coefficient (Wildman–Crippen LogP) is 4.67. The number of hydrogen-bond donors (Lipinski definition) is 1. The largest absolute Gasteiger partial charge is 0.311 e. The fraction of sp³-hybridized carbons (Fsp3) is 0.812. The average molecular weight is 280 g/mol. The Morgan fingerprint density at radius 3 is 2.32 bits per heavy atom. The zero-order chi connectivity index (χ0) is 13.9. The van der Waals surface area contributed by atoms with E-state index in [0.717, 1.165) is 5.92 Å². The van der Waals surface area contributed by atoms with Crippen molar-refractivity contribution in [3.63, 3.8) is 0 Å². The summed E-state index contributed by atoms with van der Waals surface area (Å²) in [5.41, 5.74) is 1.40. The van der Waals surface area contributed by atoms with Crippen LogP contribution in [0.25, 0.3) is 0 Å². The summed E-state index contributed by atoms with van der Waals surface area (Å²) in [6, 6.07) is 0.458. The molecule has 0 radical (unpaired) electrons. The normalized spacial score (nSPS) is 20.2. The van der Waals surface area contributed by atoms with E-state index in [0.29, 0.717) is 6.04 Å². The Morgan fingerprint density at radius 1 is 1.21 bits per heavy atom. The number of aromatic nitrogens is 1. The molecule has 1 aliphatic rings. The number of hydrogen-bond acceptors (Lipinski definition) is 3.